The lowest BCUT2D eigenvalue weighted by atomic mass is 10.1. The molecule has 0 unspecified atom stereocenters. The molecule has 0 atom stereocenters. The zero-order chi connectivity index (χ0) is 25.2. The van der Waals surface area contributed by atoms with Crippen molar-refractivity contribution in [3.63, 3.8) is 0 Å². The minimum atomic E-state index is -0.598. The van der Waals surface area contributed by atoms with Gasteiger partial charge in [-0.05, 0) is 32.0 Å². The van der Waals surface area contributed by atoms with E-state index in [9.17, 15) is 10.1 Å². The molecule has 180 valence electrons. The standard InChI is InChI=1S/C25H25N5O5/c1-5-30(6-2)23-27-24(34-20-13-9-7-11-17(20)15-26)29-25(28-23)35-21-14-10-8-12-18(21)19(16-32-3)22(31)33-4/h7-14,16H,5-6H2,1-4H3/b19-16-. The number of hydrogen-bond donors (Lipinski definition) is 0. The van der Waals surface area contributed by atoms with Crippen LogP contribution in [0, 0.1) is 11.3 Å². The van der Waals surface area contributed by atoms with E-state index in [2.05, 4.69) is 21.0 Å². The summed E-state index contributed by atoms with van der Waals surface area (Å²) in [7, 11) is 2.71. The highest BCUT2D eigenvalue weighted by Gasteiger charge is 2.20. The van der Waals surface area contributed by atoms with Crippen molar-refractivity contribution >= 4 is 17.5 Å². The van der Waals surface area contributed by atoms with Crippen molar-refractivity contribution in [1.82, 2.24) is 15.0 Å². The summed E-state index contributed by atoms with van der Waals surface area (Å²) in [6.07, 6.45) is 1.27. The number of nitrogens with zero attached hydrogens (tertiary/aromatic N) is 5. The smallest absolute Gasteiger partial charge is 0.341 e. The third kappa shape index (κ3) is 6.03. The molecule has 0 bridgehead atoms. The Bertz CT molecular complexity index is 1250. The maximum Gasteiger partial charge on any atom is 0.341 e. The third-order valence-corrected chi connectivity index (χ3v) is 4.86. The zero-order valence-electron chi connectivity index (χ0n) is 19.9. The molecule has 0 radical (unpaired) electrons. The third-order valence-electron chi connectivity index (χ3n) is 4.86. The first-order valence-electron chi connectivity index (χ1n) is 10.8. The molecule has 3 rings (SSSR count). The van der Waals surface area contributed by atoms with Gasteiger partial charge in [0.05, 0.1) is 26.0 Å². The number of carbonyl (C=O) groups is 1. The molecule has 0 N–H and O–H groups in total. The molecule has 0 spiro atoms. The number of anilines is 1. The molecule has 1 heterocycles. The van der Waals surface area contributed by atoms with Crippen LogP contribution in [-0.4, -0.2) is 48.2 Å². The van der Waals surface area contributed by atoms with Gasteiger partial charge in [-0.15, -0.1) is 4.98 Å². The molecule has 0 aliphatic carbocycles. The van der Waals surface area contributed by atoms with Crippen LogP contribution in [0.2, 0.25) is 0 Å². The Kier molecular flexibility index (Phi) is 8.56. The van der Waals surface area contributed by atoms with Crippen molar-refractivity contribution in [3.8, 4) is 29.6 Å². The average Bonchev–Trinajstić information content (AvgIpc) is 2.88. The number of nitriles is 1. The van der Waals surface area contributed by atoms with Crippen LogP contribution in [0.3, 0.4) is 0 Å². The number of methoxy groups -OCH3 is 2. The van der Waals surface area contributed by atoms with Crippen molar-refractivity contribution in [2.75, 3.05) is 32.2 Å². The lowest BCUT2D eigenvalue weighted by Gasteiger charge is -2.19. The van der Waals surface area contributed by atoms with E-state index in [0.29, 0.717) is 41.7 Å². The lowest BCUT2D eigenvalue weighted by Crippen LogP contribution is -2.24. The summed E-state index contributed by atoms with van der Waals surface area (Å²) in [5.74, 6) is 0.331. The van der Waals surface area contributed by atoms with Gasteiger partial charge in [0.15, 0.2) is 0 Å². The fourth-order valence-electron chi connectivity index (χ4n) is 3.14. The minimum absolute atomic E-state index is 0.0438. The van der Waals surface area contributed by atoms with Crippen LogP contribution >= 0.6 is 0 Å². The van der Waals surface area contributed by atoms with Gasteiger partial charge in [0, 0.05) is 18.7 Å². The van der Waals surface area contributed by atoms with Gasteiger partial charge in [0.25, 0.3) is 0 Å². The summed E-state index contributed by atoms with van der Waals surface area (Å²) in [6, 6.07) is 15.6. The van der Waals surface area contributed by atoms with Crippen molar-refractivity contribution in [2.24, 2.45) is 0 Å². The van der Waals surface area contributed by atoms with E-state index in [1.807, 2.05) is 18.7 Å². The molecule has 1 aromatic heterocycles. The summed E-state index contributed by atoms with van der Waals surface area (Å²) < 4.78 is 21.8. The van der Waals surface area contributed by atoms with Crippen molar-refractivity contribution < 1.29 is 23.7 Å². The summed E-state index contributed by atoms with van der Waals surface area (Å²) in [5.41, 5.74) is 0.906. The molecule has 0 amide bonds. The van der Waals surface area contributed by atoms with Crippen molar-refractivity contribution in [1.29, 1.82) is 5.26 Å². The van der Waals surface area contributed by atoms with Crippen LogP contribution in [0.4, 0.5) is 5.95 Å². The van der Waals surface area contributed by atoms with E-state index < -0.39 is 5.97 Å². The molecular formula is C25H25N5O5. The minimum Gasteiger partial charge on any atom is -0.503 e. The van der Waals surface area contributed by atoms with Gasteiger partial charge < -0.3 is 23.8 Å². The first-order valence-corrected chi connectivity index (χ1v) is 10.8. The molecule has 0 fully saturated rings. The molecule has 0 aliphatic heterocycles. The van der Waals surface area contributed by atoms with E-state index in [1.165, 1.54) is 20.5 Å². The zero-order valence-corrected chi connectivity index (χ0v) is 19.9. The molecular weight excluding hydrogens is 450 g/mol. The van der Waals surface area contributed by atoms with Crippen LogP contribution in [-0.2, 0) is 14.3 Å². The van der Waals surface area contributed by atoms with Crippen LogP contribution in [0.15, 0.2) is 54.8 Å². The fourth-order valence-corrected chi connectivity index (χ4v) is 3.14. The second kappa shape index (κ2) is 12.0. The van der Waals surface area contributed by atoms with Gasteiger partial charge in [-0.1, -0.05) is 30.3 Å². The predicted molar refractivity (Wildman–Crippen MR) is 128 cm³/mol. The van der Waals surface area contributed by atoms with Crippen LogP contribution in [0.5, 0.6) is 23.5 Å². The summed E-state index contributed by atoms with van der Waals surface area (Å²) in [5, 5.41) is 9.39. The molecule has 35 heavy (non-hydrogen) atoms. The van der Waals surface area contributed by atoms with E-state index in [0.717, 1.165) is 0 Å². The van der Waals surface area contributed by atoms with Crippen LogP contribution in [0.1, 0.15) is 25.0 Å². The second-order valence-corrected chi connectivity index (χ2v) is 6.94. The van der Waals surface area contributed by atoms with E-state index >= 15 is 0 Å². The van der Waals surface area contributed by atoms with E-state index in [4.69, 9.17) is 18.9 Å². The number of aromatic nitrogens is 3. The SMILES string of the molecule is CCN(CC)c1nc(Oc2ccccc2C#N)nc(Oc2ccccc2/C(=C/OC)C(=O)OC)n1. The van der Waals surface area contributed by atoms with Crippen molar-refractivity contribution in [2.45, 2.75) is 13.8 Å². The van der Waals surface area contributed by atoms with Crippen LogP contribution < -0.4 is 14.4 Å². The molecule has 3 aromatic rings. The van der Waals surface area contributed by atoms with Crippen LogP contribution in [0.25, 0.3) is 5.57 Å². The van der Waals surface area contributed by atoms with Gasteiger partial charge in [-0.2, -0.15) is 15.2 Å². The monoisotopic (exact) mass is 475 g/mol. The Morgan fingerprint density at radius 2 is 1.54 bits per heavy atom. The predicted octanol–water partition coefficient (Wildman–Crippen LogP) is 4.33. The van der Waals surface area contributed by atoms with Gasteiger partial charge in [0.2, 0.25) is 5.95 Å². The Morgan fingerprint density at radius 3 is 2.14 bits per heavy atom. The second-order valence-electron chi connectivity index (χ2n) is 6.94. The largest absolute Gasteiger partial charge is 0.503 e. The van der Waals surface area contributed by atoms with Gasteiger partial charge >= 0.3 is 18.0 Å². The quantitative estimate of drug-likeness (QED) is 0.238. The number of esters is 1. The Hall–Kier alpha value is -4.65. The number of ether oxygens (including phenoxy) is 4. The molecule has 10 nitrogen and oxygen atoms in total. The van der Waals surface area contributed by atoms with Gasteiger partial charge in [-0.3, -0.25) is 0 Å². The highest BCUT2D eigenvalue weighted by Crippen LogP contribution is 2.32. The summed E-state index contributed by atoms with van der Waals surface area (Å²) in [6.45, 7) is 5.20. The van der Waals surface area contributed by atoms with E-state index in [-0.39, 0.29) is 17.6 Å². The molecule has 0 saturated heterocycles. The lowest BCUT2D eigenvalue weighted by molar-refractivity contribution is -0.133. The average molecular weight is 476 g/mol. The number of benzene rings is 2. The first-order chi connectivity index (χ1) is 17.0. The Labute approximate surface area is 203 Å². The van der Waals surface area contributed by atoms with E-state index in [1.54, 1.807) is 48.5 Å². The van der Waals surface area contributed by atoms with Crippen molar-refractivity contribution in [3.05, 3.63) is 65.9 Å². The first kappa shape index (κ1) is 25.0. The van der Waals surface area contributed by atoms with Gasteiger partial charge in [0.1, 0.15) is 23.1 Å². The highest BCUT2D eigenvalue weighted by atomic mass is 16.5. The maximum absolute atomic E-state index is 12.3. The molecule has 2 aromatic carbocycles. The fraction of sp³-hybridized carbons (Fsp3) is 0.240. The number of hydrogen-bond acceptors (Lipinski definition) is 10. The summed E-state index contributed by atoms with van der Waals surface area (Å²) in [4.78, 5) is 27.4. The number of carbonyl (C=O) groups excluding carboxylic acids is 1. The molecule has 10 heteroatoms. The molecule has 0 aliphatic rings. The summed E-state index contributed by atoms with van der Waals surface area (Å²) >= 11 is 0. The Balaban J connectivity index is 2.06. The highest BCUT2D eigenvalue weighted by molar-refractivity contribution is 6.17. The molecule has 0 saturated carbocycles. The Morgan fingerprint density at radius 1 is 0.943 bits per heavy atom. The maximum atomic E-state index is 12.3. The normalized spacial score (nSPS) is 10.8. The van der Waals surface area contributed by atoms with Gasteiger partial charge in [-0.25, -0.2) is 4.79 Å². The number of rotatable bonds is 10. The topological polar surface area (TPSA) is 120 Å². The number of para-hydroxylation sites is 2.